The second-order valence-electron chi connectivity index (χ2n) is 6.28. The summed E-state index contributed by atoms with van der Waals surface area (Å²) in [6.45, 7) is 7.19. The maximum Gasteiger partial charge on any atom is 0.338 e. The molecule has 136 valence electrons. The van der Waals surface area contributed by atoms with Gasteiger partial charge in [-0.1, -0.05) is 0 Å². The quantitative estimate of drug-likeness (QED) is 0.646. The van der Waals surface area contributed by atoms with Crippen LogP contribution in [0, 0.1) is 5.41 Å². The fourth-order valence-corrected chi connectivity index (χ4v) is 2.45. The van der Waals surface area contributed by atoms with E-state index >= 15 is 0 Å². The van der Waals surface area contributed by atoms with E-state index in [1.165, 1.54) is 0 Å². The van der Waals surface area contributed by atoms with Gasteiger partial charge in [0, 0.05) is 18.8 Å². The number of benzene rings is 1. The van der Waals surface area contributed by atoms with E-state index in [-0.39, 0.29) is 5.91 Å². The van der Waals surface area contributed by atoms with Gasteiger partial charge in [-0.05, 0) is 45.0 Å². The molecule has 0 aromatic heterocycles. The predicted octanol–water partition coefficient (Wildman–Crippen LogP) is 1.69. The van der Waals surface area contributed by atoms with Gasteiger partial charge >= 0.3 is 5.97 Å². The van der Waals surface area contributed by atoms with Crippen molar-refractivity contribution < 1.29 is 23.9 Å². The Morgan fingerprint density at radius 2 is 1.76 bits per heavy atom. The molecule has 0 atom stereocenters. The molecule has 1 fully saturated rings. The Hall–Kier alpha value is -2.41. The number of rotatable bonds is 5. The molecule has 0 unspecified atom stereocenters. The van der Waals surface area contributed by atoms with Crippen molar-refractivity contribution in [2.75, 3.05) is 38.2 Å². The van der Waals surface area contributed by atoms with Crippen LogP contribution in [-0.4, -0.2) is 55.6 Å². The standard InChI is InChI=1S/C18H24N2O5/c1-4-25-15(21)13-5-7-14(8-6-13)19-16(22)18(2,3)17(23)20-9-11-24-12-10-20/h5-8H,4,9-12H2,1-3H3,(H,19,22). The average molecular weight is 348 g/mol. The number of hydrogen-bond donors (Lipinski definition) is 1. The molecule has 2 rings (SSSR count). The van der Waals surface area contributed by atoms with Crippen LogP contribution in [0.1, 0.15) is 31.1 Å². The Labute approximate surface area is 147 Å². The van der Waals surface area contributed by atoms with Gasteiger partial charge in [-0.2, -0.15) is 0 Å². The molecule has 1 aromatic rings. The van der Waals surface area contributed by atoms with Gasteiger partial charge in [0.2, 0.25) is 11.8 Å². The van der Waals surface area contributed by atoms with Crippen molar-refractivity contribution >= 4 is 23.5 Å². The van der Waals surface area contributed by atoms with E-state index in [2.05, 4.69) is 5.32 Å². The van der Waals surface area contributed by atoms with Gasteiger partial charge in [0.1, 0.15) is 5.41 Å². The molecule has 1 saturated heterocycles. The summed E-state index contributed by atoms with van der Waals surface area (Å²) in [5.41, 5.74) is -0.277. The van der Waals surface area contributed by atoms with Crippen molar-refractivity contribution in [2.24, 2.45) is 5.41 Å². The molecule has 7 nitrogen and oxygen atoms in total. The molecule has 1 aromatic carbocycles. The smallest absolute Gasteiger partial charge is 0.338 e. The molecule has 1 aliphatic rings. The molecule has 1 N–H and O–H groups in total. The van der Waals surface area contributed by atoms with E-state index in [1.807, 2.05) is 0 Å². The molecule has 7 heteroatoms. The van der Waals surface area contributed by atoms with Crippen LogP contribution in [0.2, 0.25) is 0 Å². The summed E-state index contributed by atoms with van der Waals surface area (Å²) in [5.74, 6) is -1.03. The highest BCUT2D eigenvalue weighted by molar-refractivity contribution is 6.10. The predicted molar refractivity (Wildman–Crippen MR) is 92.2 cm³/mol. The van der Waals surface area contributed by atoms with Crippen molar-refractivity contribution in [3.05, 3.63) is 29.8 Å². The third-order valence-electron chi connectivity index (χ3n) is 4.05. The normalized spacial score (nSPS) is 14.8. The van der Waals surface area contributed by atoms with Crippen LogP contribution < -0.4 is 5.32 Å². The van der Waals surface area contributed by atoms with Crippen molar-refractivity contribution in [1.82, 2.24) is 4.90 Å². The summed E-state index contributed by atoms with van der Waals surface area (Å²) >= 11 is 0. The first kappa shape index (κ1) is 18.9. The van der Waals surface area contributed by atoms with Crippen LogP contribution in [0.5, 0.6) is 0 Å². The highest BCUT2D eigenvalue weighted by Crippen LogP contribution is 2.23. The number of ether oxygens (including phenoxy) is 2. The summed E-state index contributed by atoms with van der Waals surface area (Å²) in [6.07, 6.45) is 0. The number of esters is 1. The monoisotopic (exact) mass is 348 g/mol. The highest BCUT2D eigenvalue weighted by Gasteiger charge is 2.39. The highest BCUT2D eigenvalue weighted by atomic mass is 16.5. The Balaban J connectivity index is 2.02. The van der Waals surface area contributed by atoms with Gasteiger partial charge < -0.3 is 19.7 Å². The lowest BCUT2D eigenvalue weighted by atomic mass is 9.90. The first-order valence-electron chi connectivity index (χ1n) is 8.32. The number of nitrogens with one attached hydrogen (secondary N) is 1. The fourth-order valence-electron chi connectivity index (χ4n) is 2.45. The topological polar surface area (TPSA) is 84.9 Å². The van der Waals surface area contributed by atoms with Crippen molar-refractivity contribution in [1.29, 1.82) is 0 Å². The first-order valence-corrected chi connectivity index (χ1v) is 8.32. The van der Waals surface area contributed by atoms with E-state index in [1.54, 1.807) is 49.9 Å². The molecule has 1 aliphatic heterocycles. The van der Waals surface area contributed by atoms with Gasteiger partial charge in [-0.15, -0.1) is 0 Å². The number of amides is 2. The van der Waals surface area contributed by atoms with E-state index in [0.717, 1.165) is 0 Å². The van der Waals surface area contributed by atoms with Gasteiger partial charge in [-0.25, -0.2) is 4.79 Å². The number of anilines is 1. The zero-order chi connectivity index (χ0) is 18.4. The van der Waals surface area contributed by atoms with E-state index in [4.69, 9.17) is 9.47 Å². The summed E-state index contributed by atoms with van der Waals surface area (Å²) in [7, 11) is 0. The van der Waals surface area contributed by atoms with Crippen molar-refractivity contribution in [3.8, 4) is 0 Å². The van der Waals surface area contributed by atoms with Crippen molar-refractivity contribution in [2.45, 2.75) is 20.8 Å². The van der Waals surface area contributed by atoms with Crippen LogP contribution in [0.15, 0.2) is 24.3 Å². The summed E-state index contributed by atoms with van der Waals surface area (Å²) in [6, 6.07) is 6.37. The Morgan fingerprint density at radius 3 is 2.32 bits per heavy atom. The average Bonchev–Trinajstić information content (AvgIpc) is 2.62. The second-order valence-corrected chi connectivity index (χ2v) is 6.28. The van der Waals surface area contributed by atoms with Gasteiger partial charge in [0.25, 0.3) is 0 Å². The molecule has 0 aliphatic carbocycles. The number of carbonyl (C=O) groups is 3. The third kappa shape index (κ3) is 4.57. The van der Waals surface area contributed by atoms with Crippen LogP contribution in [-0.2, 0) is 19.1 Å². The SMILES string of the molecule is CCOC(=O)c1ccc(NC(=O)C(C)(C)C(=O)N2CCOCC2)cc1. The minimum absolute atomic E-state index is 0.226. The zero-order valence-corrected chi connectivity index (χ0v) is 14.8. The van der Waals surface area contributed by atoms with Gasteiger partial charge in [0.15, 0.2) is 0 Å². The van der Waals surface area contributed by atoms with Crippen LogP contribution in [0.3, 0.4) is 0 Å². The lowest BCUT2D eigenvalue weighted by Crippen LogP contribution is -2.51. The Bertz CT molecular complexity index is 633. The largest absolute Gasteiger partial charge is 0.462 e. The van der Waals surface area contributed by atoms with Crippen LogP contribution in [0.4, 0.5) is 5.69 Å². The summed E-state index contributed by atoms with van der Waals surface area (Å²) in [4.78, 5) is 38.5. The summed E-state index contributed by atoms with van der Waals surface area (Å²) in [5, 5.41) is 2.73. The number of nitrogens with zero attached hydrogens (tertiary/aromatic N) is 1. The van der Waals surface area contributed by atoms with E-state index in [0.29, 0.717) is 44.2 Å². The molecule has 25 heavy (non-hydrogen) atoms. The molecule has 2 amide bonds. The minimum atomic E-state index is -1.20. The third-order valence-corrected chi connectivity index (χ3v) is 4.05. The molecular weight excluding hydrogens is 324 g/mol. The number of carbonyl (C=O) groups excluding carboxylic acids is 3. The molecular formula is C18H24N2O5. The first-order chi connectivity index (χ1) is 11.9. The lowest BCUT2D eigenvalue weighted by molar-refractivity contribution is -0.149. The van der Waals surface area contributed by atoms with Crippen LogP contribution in [0.25, 0.3) is 0 Å². The maximum atomic E-state index is 12.6. The minimum Gasteiger partial charge on any atom is -0.462 e. The molecule has 1 heterocycles. The molecule has 0 spiro atoms. The second kappa shape index (κ2) is 8.11. The van der Waals surface area contributed by atoms with Gasteiger partial charge in [-0.3, -0.25) is 9.59 Å². The summed E-state index contributed by atoms with van der Waals surface area (Å²) < 4.78 is 10.1. The molecule has 0 saturated carbocycles. The van der Waals surface area contributed by atoms with E-state index in [9.17, 15) is 14.4 Å². The fraction of sp³-hybridized carbons (Fsp3) is 0.500. The Kier molecular flexibility index (Phi) is 6.14. The van der Waals surface area contributed by atoms with E-state index < -0.39 is 17.3 Å². The lowest BCUT2D eigenvalue weighted by Gasteiger charge is -2.33. The maximum absolute atomic E-state index is 12.6. The molecule has 0 radical (unpaired) electrons. The zero-order valence-electron chi connectivity index (χ0n) is 14.8. The van der Waals surface area contributed by atoms with Gasteiger partial charge in [0.05, 0.1) is 25.4 Å². The van der Waals surface area contributed by atoms with Crippen molar-refractivity contribution in [3.63, 3.8) is 0 Å². The Morgan fingerprint density at radius 1 is 1.16 bits per heavy atom. The number of hydrogen-bond acceptors (Lipinski definition) is 5. The van der Waals surface area contributed by atoms with Crippen LogP contribution >= 0.6 is 0 Å². The molecule has 0 bridgehead atoms. The number of morpholine rings is 1.